The Hall–Kier alpha value is -2.01. The number of aromatic nitrogens is 2. The summed E-state index contributed by atoms with van der Waals surface area (Å²) in [5, 5.41) is 9.32. The van der Waals surface area contributed by atoms with E-state index in [1.807, 2.05) is 12.1 Å². The third-order valence-electron chi connectivity index (χ3n) is 3.58. The molecule has 3 rings (SSSR count). The number of likely N-dealkylation sites (tertiary alicyclic amines) is 1. The molecule has 19 heavy (non-hydrogen) atoms. The fourth-order valence-corrected chi connectivity index (χ4v) is 2.61. The summed E-state index contributed by atoms with van der Waals surface area (Å²) < 4.78 is 0. The Morgan fingerprint density at radius 3 is 3.05 bits per heavy atom. The molecule has 0 aliphatic carbocycles. The lowest BCUT2D eigenvalue weighted by Gasteiger charge is -2.23. The van der Waals surface area contributed by atoms with Crippen LogP contribution in [0.5, 0.6) is 0 Å². The van der Waals surface area contributed by atoms with Crippen LogP contribution in [-0.2, 0) is 0 Å². The summed E-state index contributed by atoms with van der Waals surface area (Å²) in [4.78, 5) is 22.8. The van der Waals surface area contributed by atoms with Crippen LogP contribution >= 0.6 is 0 Å². The smallest absolute Gasteiger partial charge is 0.256 e. The second-order valence-electron chi connectivity index (χ2n) is 4.71. The fraction of sp³-hybridized carbons (Fsp3) is 0.357. The largest absolute Gasteiger partial charge is 0.394 e. The number of amides is 1. The molecule has 1 atom stereocenters. The van der Waals surface area contributed by atoms with Crippen LogP contribution < -0.4 is 0 Å². The molecule has 0 saturated carbocycles. The van der Waals surface area contributed by atoms with Crippen molar-refractivity contribution in [3.8, 4) is 0 Å². The van der Waals surface area contributed by atoms with Crippen molar-refractivity contribution in [2.45, 2.75) is 18.9 Å². The Bertz CT molecular complexity index is 609. The summed E-state index contributed by atoms with van der Waals surface area (Å²) >= 11 is 0. The summed E-state index contributed by atoms with van der Waals surface area (Å²) in [5.41, 5.74) is 1.90. The maximum absolute atomic E-state index is 12.6. The highest BCUT2D eigenvalue weighted by atomic mass is 16.3. The van der Waals surface area contributed by atoms with Crippen LogP contribution in [0.2, 0.25) is 0 Å². The van der Waals surface area contributed by atoms with Gasteiger partial charge in [0.15, 0.2) is 0 Å². The van der Waals surface area contributed by atoms with Gasteiger partial charge in [0.05, 0.1) is 23.7 Å². The first-order chi connectivity index (χ1) is 9.31. The van der Waals surface area contributed by atoms with E-state index < -0.39 is 0 Å². The monoisotopic (exact) mass is 257 g/mol. The molecule has 2 aromatic rings. The van der Waals surface area contributed by atoms with E-state index in [2.05, 4.69) is 9.97 Å². The molecule has 1 aliphatic heterocycles. The number of rotatable bonds is 2. The first-order valence-electron chi connectivity index (χ1n) is 6.43. The molecule has 1 amide bonds. The molecule has 0 bridgehead atoms. The molecule has 5 heteroatoms. The van der Waals surface area contributed by atoms with Crippen molar-refractivity contribution in [2.75, 3.05) is 13.2 Å². The van der Waals surface area contributed by atoms with Crippen LogP contribution in [0, 0.1) is 0 Å². The molecular weight excluding hydrogens is 242 g/mol. The SMILES string of the molecule is O=C(c1cccc2nccnc12)N1CCC[C@H]1CO. The average molecular weight is 257 g/mol. The van der Waals surface area contributed by atoms with Crippen LogP contribution in [0.4, 0.5) is 0 Å². The van der Waals surface area contributed by atoms with E-state index in [9.17, 15) is 9.90 Å². The minimum Gasteiger partial charge on any atom is -0.394 e. The topological polar surface area (TPSA) is 66.3 Å². The number of nitrogens with zero attached hydrogens (tertiary/aromatic N) is 3. The predicted octanol–water partition coefficient (Wildman–Crippen LogP) is 1.23. The van der Waals surface area contributed by atoms with Gasteiger partial charge in [0.1, 0.15) is 5.52 Å². The highest BCUT2D eigenvalue weighted by Gasteiger charge is 2.29. The summed E-state index contributed by atoms with van der Waals surface area (Å²) in [6, 6.07) is 5.35. The van der Waals surface area contributed by atoms with Crippen LogP contribution in [0.15, 0.2) is 30.6 Å². The number of carbonyl (C=O) groups excluding carboxylic acids is 1. The van der Waals surface area contributed by atoms with Crippen molar-refractivity contribution in [1.29, 1.82) is 0 Å². The van der Waals surface area contributed by atoms with Gasteiger partial charge >= 0.3 is 0 Å². The molecule has 1 saturated heterocycles. The van der Waals surface area contributed by atoms with E-state index in [4.69, 9.17) is 0 Å². The van der Waals surface area contributed by atoms with Gasteiger partial charge in [0, 0.05) is 18.9 Å². The molecule has 1 fully saturated rings. The Morgan fingerprint density at radius 2 is 2.21 bits per heavy atom. The molecule has 1 N–H and O–H groups in total. The van der Waals surface area contributed by atoms with Gasteiger partial charge in [-0.25, -0.2) is 0 Å². The molecule has 0 unspecified atom stereocenters. The standard InChI is InChI=1S/C14H15N3O2/c18-9-10-3-2-8-17(10)14(19)11-4-1-5-12-13(11)16-7-6-15-12/h1,4-7,10,18H,2-3,8-9H2/t10-/m0/s1. The molecule has 1 aromatic carbocycles. The lowest BCUT2D eigenvalue weighted by atomic mass is 10.1. The second-order valence-corrected chi connectivity index (χ2v) is 4.71. The highest BCUT2D eigenvalue weighted by molar-refractivity contribution is 6.04. The third kappa shape index (κ3) is 2.06. The molecule has 1 aliphatic rings. The van der Waals surface area contributed by atoms with Gasteiger partial charge in [0.25, 0.3) is 5.91 Å². The zero-order valence-corrected chi connectivity index (χ0v) is 10.5. The lowest BCUT2D eigenvalue weighted by Crippen LogP contribution is -2.37. The Kier molecular flexibility index (Phi) is 3.13. The van der Waals surface area contributed by atoms with Crippen LogP contribution in [-0.4, -0.2) is 45.1 Å². The number of hydrogen-bond acceptors (Lipinski definition) is 4. The molecule has 0 spiro atoms. The first-order valence-corrected chi connectivity index (χ1v) is 6.43. The third-order valence-corrected chi connectivity index (χ3v) is 3.58. The van der Waals surface area contributed by atoms with E-state index in [1.54, 1.807) is 23.4 Å². The van der Waals surface area contributed by atoms with Crippen LogP contribution in [0.1, 0.15) is 23.2 Å². The molecule has 1 aromatic heterocycles. The zero-order chi connectivity index (χ0) is 13.2. The van der Waals surface area contributed by atoms with Crippen LogP contribution in [0.25, 0.3) is 11.0 Å². The van der Waals surface area contributed by atoms with Gasteiger partial charge in [-0.2, -0.15) is 0 Å². The van der Waals surface area contributed by atoms with Gasteiger partial charge in [-0.15, -0.1) is 0 Å². The van der Waals surface area contributed by atoms with Gasteiger partial charge < -0.3 is 10.0 Å². The molecule has 2 heterocycles. The quantitative estimate of drug-likeness (QED) is 0.878. The Labute approximate surface area is 110 Å². The number of fused-ring (bicyclic) bond motifs is 1. The molecule has 98 valence electrons. The Balaban J connectivity index is 2.02. The van der Waals surface area contributed by atoms with E-state index in [0.29, 0.717) is 23.1 Å². The normalized spacial score (nSPS) is 19.0. The van der Waals surface area contributed by atoms with Gasteiger partial charge in [0.2, 0.25) is 0 Å². The molecule has 0 radical (unpaired) electrons. The summed E-state index contributed by atoms with van der Waals surface area (Å²) in [7, 11) is 0. The molecule has 5 nitrogen and oxygen atoms in total. The van der Waals surface area contributed by atoms with Crippen molar-refractivity contribution in [3.05, 3.63) is 36.2 Å². The van der Waals surface area contributed by atoms with Gasteiger partial charge in [-0.05, 0) is 25.0 Å². The highest BCUT2D eigenvalue weighted by Crippen LogP contribution is 2.22. The van der Waals surface area contributed by atoms with Gasteiger partial charge in [-0.1, -0.05) is 6.07 Å². The molecular formula is C14H15N3O2. The fourth-order valence-electron chi connectivity index (χ4n) is 2.61. The van der Waals surface area contributed by atoms with E-state index in [1.165, 1.54) is 0 Å². The van der Waals surface area contributed by atoms with Crippen molar-refractivity contribution >= 4 is 16.9 Å². The lowest BCUT2D eigenvalue weighted by molar-refractivity contribution is 0.0679. The average Bonchev–Trinajstić information content (AvgIpc) is 2.94. The number of hydrogen-bond donors (Lipinski definition) is 1. The van der Waals surface area contributed by atoms with Crippen molar-refractivity contribution in [3.63, 3.8) is 0 Å². The first kappa shape index (κ1) is 12.0. The summed E-state index contributed by atoms with van der Waals surface area (Å²) in [6.45, 7) is 0.711. The number of benzene rings is 1. The zero-order valence-electron chi connectivity index (χ0n) is 10.5. The summed E-state index contributed by atoms with van der Waals surface area (Å²) in [5.74, 6) is -0.0670. The summed E-state index contributed by atoms with van der Waals surface area (Å²) in [6.07, 6.45) is 5.00. The minimum atomic E-state index is -0.0700. The van der Waals surface area contributed by atoms with E-state index in [-0.39, 0.29) is 18.6 Å². The number of aliphatic hydroxyl groups is 1. The van der Waals surface area contributed by atoms with Crippen molar-refractivity contribution < 1.29 is 9.90 Å². The predicted molar refractivity (Wildman–Crippen MR) is 70.7 cm³/mol. The second kappa shape index (κ2) is 4.93. The maximum atomic E-state index is 12.6. The number of aliphatic hydroxyl groups excluding tert-OH is 1. The van der Waals surface area contributed by atoms with E-state index >= 15 is 0 Å². The number of para-hydroxylation sites is 1. The van der Waals surface area contributed by atoms with Gasteiger partial charge in [-0.3, -0.25) is 14.8 Å². The minimum absolute atomic E-state index is 0.0161. The van der Waals surface area contributed by atoms with E-state index in [0.717, 1.165) is 12.8 Å². The maximum Gasteiger partial charge on any atom is 0.256 e. The van der Waals surface area contributed by atoms with Crippen molar-refractivity contribution in [1.82, 2.24) is 14.9 Å². The Morgan fingerprint density at radius 1 is 1.37 bits per heavy atom. The van der Waals surface area contributed by atoms with Crippen molar-refractivity contribution in [2.24, 2.45) is 0 Å². The number of carbonyl (C=O) groups is 1. The van der Waals surface area contributed by atoms with Crippen LogP contribution in [0.3, 0.4) is 0 Å².